The topological polar surface area (TPSA) is 0 Å². The Morgan fingerprint density at radius 2 is 0.703 bits per heavy atom. The molecule has 0 aliphatic heterocycles. The standard InChI is InChI=1S/2C18H15.Zr.2H/c2*1-14-12-13-17(15-8-4-2-5-9-15)18(14)16-10-6-3-7-11-16;;;/h2*2-11H,13H2,1H3;;;/q2*-1;+4;2*-1. The number of allylic oxidation sites excluding steroid dienone is 8. The molecule has 0 N–H and O–H groups in total. The normalized spacial score (nSPS) is 14.4. The minimum Gasteiger partial charge on any atom is -1.00 e. The molecular formula is C36H32Zr. The molecule has 0 saturated heterocycles. The predicted molar refractivity (Wildman–Crippen MR) is 156 cm³/mol. The minimum absolute atomic E-state index is 0. The number of hydrogen-bond acceptors (Lipinski definition) is 0. The van der Waals surface area contributed by atoms with Gasteiger partial charge in [-0.15, -0.1) is 24.0 Å². The van der Waals surface area contributed by atoms with E-state index in [0.29, 0.717) is 0 Å². The van der Waals surface area contributed by atoms with Crippen LogP contribution >= 0.6 is 0 Å². The molecule has 0 amide bonds. The Kier molecular flexibility index (Phi) is 9.26. The van der Waals surface area contributed by atoms with E-state index >= 15 is 0 Å². The molecule has 2 aliphatic rings. The first-order valence-electron chi connectivity index (χ1n) is 12.6. The fourth-order valence-electron chi connectivity index (χ4n) is 5.01. The maximum absolute atomic E-state index is 3.46. The summed E-state index contributed by atoms with van der Waals surface area (Å²) in [5.41, 5.74) is 13.2. The number of rotatable bonds is 4. The van der Waals surface area contributed by atoms with Crippen LogP contribution in [0.25, 0.3) is 22.3 Å². The third kappa shape index (κ3) is 6.18. The minimum atomic E-state index is 0. The van der Waals surface area contributed by atoms with E-state index in [1.807, 2.05) is 0 Å². The summed E-state index contributed by atoms with van der Waals surface area (Å²) in [6, 6.07) is 42.4. The first-order valence-corrected chi connectivity index (χ1v) is 12.6. The van der Waals surface area contributed by atoms with Crippen LogP contribution in [0.15, 0.2) is 132 Å². The van der Waals surface area contributed by atoms with Crippen molar-refractivity contribution in [2.75, 3.05) is 0 Å². The van der Waals surface area contributed by atoms with Crippen LogP contribution < -0.4 is 0 Å². The molecule has 1 heteroatoms. The second-order valence-corrected chi connectivity index (χ2v) is 9.13. The average Bonchev–Trinajstić information content (AvgIpc) is 3.53. The van der Waals surface area contributed by atoms with Gasteiger partial charge in [0.05, 0.1) is 0 Å². The SMILES string of the molecule is CC1=[C-]CC(c2ccccc2)=C1c1ccccc1.CC1=[C-]CC(c2ccccc2)=C1c1ccccc1.[H-].[H-].[Zr+4]. The van der Waals surface area contributed by atoms with Crippen LogP contribution in [0.1, 0.15) is 51.8 Å². The predicted octanol–water partition coefficient (Wildman–Crippen LogP) is 9.72. The van der Waals surface area contributed by atoms with Gasteiger partial charge in [0.25, 0.3) is 0 Å². The fourth-order valence-corrected chi connectivity index (χ4v) is 5.01. The Morgan fingerprint density at radius 3 is 1.00 bits per heavy atom. The quantitative estimate of drug-likeness (QED) is 0.220. The van der Waals surface area contributed by atoms with E-state index in [9.17, 15) is 0 Å². The summed E-state index contributed by atoms with van der Waals surface area (Å²) in [4.78, 5) is 0. The number of hydrogen-bond donors (Lipinski definition) is 0. The molecule has 4 aromatic rings. The van der Waals surface area contributed by atoms with Gasteiger partial charge in [0.15, 0.2) is 0 Å². The zero-order chi connectivity index (χ0) is 24.7. The van der Waals surface area contributed by atoms with Crippen molar-refractivity contribution in [1.82, 2.24) is 0 Å². The van der Waals surface area contributed by atoms with E-state index in [-0.39, 0.29) is 29.1 Å². The Morgan fingerprint density at radius 1 is 0.432 bits per heavy atom. The van der Waals surface area contributed by atoms with Crippen LogP contribution in [0.3, 0.4) is 0 Å². The zero-order valence-corrected chi connectivity index (χ0v) is 23.9. The van der Waals surface area contributed by atoms with Crippen molar-refractivity contribution < 1.29 is 29.1 Å². The van der Waals surface area contributed by atoms with Crippen molar-refractivity contribution in [2.45, 2.75) is 26.7 Å². The van der Waals surface area contributed by atoms with E-state index in [1.54, 1.807) is 0 Å². The van der Waals surface area contributed by atoms with Crippen LogP contribution in [0.5, 0.6) is 0 Å². The molecule has 0 bridgehead atoms. The van der Waals surface area contributed by atoms with Gasteiger partial charge in [-0.05, 0) is 11.1 Å². The molecule has 0 unspecified atom stereocenters. The van der Waals surface area contributed by atoms with Gasteiger partial charge in [-0.3, -0.25) is 12.2 Å². The summed E-state index contributed by atoms with van der Waals surface area (Å²) in [5, 5.41) is 0. The maximum Gasteiger partial charge on any atom is 4.00 e. The van der Waals surface area contributed by atoms with E-state index in [2.05, 4.69) is 147 Å². The Labute approximate surface area is 243 Å². The third-order valence-corrected chi connectivity index (χ3v) is 6.78. The third-order valence-electron chi connectivity index (χ3n) is 6.78. The smallest absolute Gasteiger partial charge is 1.00 e. The molecule has 0 spiro atoms. The van der Waals surface area contributed by atoms with Gasteiger partial charge in [-0.1, -0.05) is 146 Å². The molecule has 0 aromatic heterocycles. The molecule has 0 radical (unpaired) electrons. The Hall–Kier alpha value is -3.28. The molecule has 0 saturated carbocycles. The molecule has 0 heterocycles. The second-order valence-electron chi connectivity index (χ2n) is 9.13. The summed E-state index contributed by atoms with van der Waals surface area (Å²) in [7, 11) is 0. The van der Waals surface area contributed by atoms with Gasteiger partial charge in [-0.25, -0.2) is 11.1 Å². The van der Waals surface area contributed by atoms with Gasteiger partial charge >= 0.3 is 26.2 Å². The van der Waals surface area contributed by atoms with Gasteiger partial charge in [-0.2, -0.15) is 11.1 Å². The first-order chi connectivity index (χ1) is 17.7. The van der Waals surface area contributed by atoms with Crippen molar-refractivity contribution in [2.24, 2.45) is 0 Å². The summed E-state index contributed by atoms with van der Waals surface area (Å²) in [5.74, 6) is 0. The molecule has 4 aromatic carbocycles. The van der Waals surface area contributed by atoms with Gasteiger partial charge in [0, 0.05) is 0 Å². The summed E-state index contributed by atoms with van der Waals surface area (Å²) < 4.78 is 0. The Bertz CT molecular complexity index is 1340. The van der Waals surface area contributed by atoms with Gasteiger partial charge in [0.2, 0.25) is 0 Å². The van der Waals surface area contributed by atoms with Crippen LogP contribution in [0.2, 0.25) is 0 Å². The van der Waals surface area contributed by atoms with Crippen LogP contribution in [0, 0.1) is 12.2 Å². The number of benzene rings is 4. The monoisotopic (exact) mass is 554 g/mol. The van der Waals surface area contributed by atoms with Crippen molar-refractivity contribution in [3.63, 3.8) is 0 Å². The second kappa shape index (κ2) is 12.8. The molecular weight excluding hydrogens is 524 g/mol. The summed E-state index contributed by atoms with van der Waals surface area (Å²) in [6.45, 7) is 4.30. The fraction of sp³-hybridized carbons (Fsp3) is 0.111. The summed E-state index contributed by atoms with van der Waals surface area (Å²) >= 11 is 0. The van der Waals surface area contributed by atoms with Crippen LogP contribution in [-0.4, -0.2) is 0 Å². The van der Waals surface area contributed by atoms with E-state index in [0.717, 1.165) is 12.8 Å². The molecule has 2 aliphatic carbocycles. The van der Waals surface area contributed by atoms with Crippen molar-refractivity contribution in [1.29, 1.82) is 0 Å². The van der Waals surface area contributed by atoms with E-state index in [1.165, 1.54) is 55.7 Å². The molecule has 0 nitrogen and oxygen atoms in total. The first kappa shape index (κ1) is 26.8. The molecule has 6 rings (SSSR count). The molecule has 0 fully saturated rings. The van der Waals surface area contributed by atoms with Crippen LogP contribution in [0.4, 0.5) is 0 Å². The van der Waals surface area contributed by atoms with Crippen molar-refractivity contribution in [3.8, 4) is 0 Å². The summed E-state index contributed by atoms with van der Waals surface area (Å²) in [6.07, 6.45) is 8.75. The van der Waals surface area contributed by atoms with Crippen LogP contribution in [-0.2, 0) is 26.2 Å². The van der Waals surface area contributed by atoms with Gasteiger partial charge < -0.3 is 2.85 Å². The zero-order valence-electron chi connectivity index (χ0n) is 23.5. The van der Waals surface area contributed by atoms with Crippen molar-refractivity contribution in [3.05, 3.63) is 167 Å². The largest absolute Gasteiger partial charge is 4.00 e. The average molecular weight is 556 g/mol. The van der Waals surface area contributed by atoms with E-state index in [4.69, 9.17) is 0 Å². The van der Waals surface area contributed by atoms with Gasteiger partial charge in [0.1, 0.15) is 0 Å². The van der Waals surface area contributed by atoms with E-state index < -0.39 is 0 Å². The van der Waals surface area contributed by atoms with Crippen molar-refractivity contribution >= 4 is 22.3 Å². The Balaban J connectivity index is 0.000000254. The molecule has 0 atom stereocenters. The molecule has 37 heavy (non-hydrogen) atoms. The maximum atomic E-state index is 3.46. The molecule has 180 valence electrons.